The molecule has 0 unspecified atom stereocenters. The molecule has 7 atom stereocenters. The number of nitrogens with zero attached hydrogens (tertiary/aromatic N) is 1. The van der Waals surface area contributed by atoms with Crippen molar-refractivity contribution >= 4 is 0 Å². The summed E-state index contributed by atoms with van der Waals surface area (Å²) in [7, 11) is 1.83. The number of piperidine rings is 1. The normalized spacial score (nSPS) is 43.9. The first-order valence-corrected chi connectivity index (χ1v) is 13.6. The molecule has 1 aromatic rings. The minimum atomic E-state index is -0.909. The fraction of sp³-hybridized carbons (Fsp3) is 0.793. The van der Waals surface area contributed by atoms with Crippen LogP contribution < -0.4 is 4.74 Å². The second-order valence-electron chi connectivity index (χ2n) is 13.8. The standard InChI is InChI=1S/C29H41NO4/c1-25(2,3)26(4,32)20-15-27-10-11-29(20,33-5)24-28(27)12-13-30(16-17-6-7-17)21(27)14-18-8-9-19(31)23(34-24)22(18)28/h8-9,17,20-21,24,31-32H,6-7,10-16H2,1-5H3/t20-,21+,24-,26+,27-,28+,29-/m1/s1. The van der Waals surface area contributed by atoms with Crippen molar-refractivity contribution in [3.8, 4) is 11.5 Å². The SMILES string of the molecule is CO[C@]12CC[C@@]3(C[C@@H]1[C@](C)(O)C(C)(C)C)[C@@H]1Cc4ccc(O)c5c4[C@@]3(CCN1CC1CC1)[C@H]2O5. The summed E-state index contributed by atoms with van der Waals surface area (Å²) in [6.45, 7) is 10.8. The van der Waals surface area contributed by atoms with E-state index in [9.17, 15) is 10.2 Å². The van der Waals surface area contributed by atoms with Crippen molar-refractivity contribution < 1.29 is 19.7 Å². The molecule has 5 nitrogen and oxygen atoms in total. The van der Waals surface area contributed by atoms with Crippen molar-refractivity contribution in [1.82, 2.24) is 4.90 Å². The highest BCUT2D eigenvalue weighted by atomic mass is 16.6. The van der Waals surface area contributed by atoms with E-state index in [0.29, 0.717) is 11.8 Å². The molecule has 0 amide bonds. The van der Waals surface area contributed by atoms with E-state index >= 15 is 0 Å². The quantitative estimate of drug-likeness (QED) is 0.687. The molecule has 8 rings (SSSR count). The lowest BCUT2D eigenvalue weighted by Crippen LogP contribution is -2.83. The number of methoxy groups -OCH3 is 1. The van der Waals surface area contributed by atoms with Crippen LogP contribution in [0, 0.1) is 22.7 Å². The number of fused-ring (bicyclic) bond motifs is 2. The van der Waals surface area contributed by atoms with Crippen LogP contribution in [0.2, 0.25) is 0 Å². The van der Waals surface area contributed by atoms with Gasteiger partial charge in [0.2, 0.25) is 0 Å². The number of phenols is 1. The number of hydrogen-bond donors (Lipinski definition) is 2. The fourth-order valence-electron chi connectivity index (χ4n) is 9.58. The number of benzene rings is 1. The highest BCUT2D eigenvalue weighted by Gasteiger charge is 2.82. The van der Waals surface area contributed by atoms with Crippen LogP contribution in [0.25, 0.3) is 0 Å². The molecular weight excluding hydrogens is 426 g/mol. The Bertz CT molecular complexity index is 1060. The number of rotatable bonds is 4. The maximum Gasteiger partial charge on any atom is 0.165 e. The molecular formula is C29H41NO4. The van der Waals surface area contributed by atoms with E-state index in [1.165, 1.54) is 30.5 Å². The second kappa shape index (κ2) is 6.33. The summed E-state index contributed by atoms with van der Waals surface area (Å²) in [5, 5.41) is 23.2. The molecule has 5 heteroatoms. The van der Waals surface area contributed by atoms with Gasteiger partial charge in [0, 0.05) is 42.0 Å². The molecule has 0 aromatic heterocycles. The zero-order valence-corrected chi connectivity index (χ0v) is 21.5. The monoisotopic (exact) mass is 467 g/mol. The molecule has 7 aliphatic rings. The lowest BCUT2D eigenvalue weighted by atomic mass is 9.33. The molecule has 4 saturated carbocycles. The minimum Gasteiger partial charge on any atom is -0.504 e. The van der Waals surface area contributed by atoms with E-state index in [2.05, 4.69) is 31.7 Å². The number of phenolic OH excluding ortho intramolecular Hbond substituents is 1. The Kier molecular flexibility index (Phi) is 4.08. The number of aromatic hydroxyl groups is 1. The number of aliphatic hydroxyl groups is 1. The first-order chi connectivity index (χ1) is 16.0. The van der Waals surface area contributed by atoms with Gasteiger partial charge in [0.05, 0.1) is 5.60 Å². The van der Waals surface area contributed by atoms with E-state index in [-0.39, 0.29) is 34.0 Å². The van der Waals surface area contributed by atoms with Gasteiger partial charge in [-0.2, -0.15) is 0 Å². The summed E-state index contributed by atoms with van der Waals surface area (Å²) in [4.78, 5) is 2.82. The molecule has 4 bridgehead atoms. The van der Waals surface area contributed by atoms with Crippen LogP contribution in [0.5, 0.6) is 11.5 Å². The Hall–Kier alpha value is -1.30. The molecule has 2 N–H and O–H groups in total. The van der Waals surface area contributed by atoms with Crippen molar-refractivity contribution in [2.75, 3.05) is 20.2 Å². The third kappa shape index (κ3) is 2.25. The van der Waals surface area contributed by atoms with Crippen LogP contribution in [0.15, 0.2) is 12.1 Å². The zero-order chi connectivity index (χ0) is 23.9. The third-order valence-corrected chi connectivity index (χ3v) is 11.9. The Labute approximate surface area is 203 Å². The summed E-state index contributed by atoms with van der Waals surface area (Å²) in [5.41, 5.74) is 0.783. The van der Waals surface area contributed by atoms with E-state index in [0.717, 1.165) is 44.6 Å². The lowest BCUT2D eigenvalue weighted by Gasteiger charge is -2.75. The maximum absolute atomic E-state index is 12.2. The molecule has 2 spiro atoms. The van der Waals surface area contributed by atoms with E-state index in [4.69, 9.17) is 9.47 Å². The zero-order valence-electron chi connectivity index (χ0n) is 21.5. The molecule has 2 aliphatic heterocycles. The second-order valence-corrected chi connectivity index (χ2v) is 13.8. The summed E-state index contributed by atoms with van der Waals surface area (Å²) < 4.78 is 13.5. The highest BCUT2D eigenvalue weighted by molar-refractivity contribution is 5.63. The fourth-order valence-corrected chi connectivity index (χ4v) is 9.58. The van der Waals surface area contributed by atoms with Gasteiger partial charge in [0.1, 0.15) is 11.7 Å². The first-order valence-electron chi connectivity index (χ1n) is 13.6. The largest absolute Gasteiger partial charge is 0.504 e. The smallest absolute Gasteiger partial charge is 0.165 e. The van der Waals surface area contributed by atoms with Gasteiger partial charge in [-0.25, -0.2) is 0 Å². The summed E-state index contributed by atoms with van der Waals surface area (Å²) in [6.07, 6.45) is 7.64. The molecule has 5 aliphatic carbocycles. The van der Waals surface area contributed by atoms with Crippen LogP contribution in [-0.2, 0) is 16.6 Å². The molecule has 34 heavy (non-hydrogen) atoms. The van der Waals surface area contributed by atoms with Gasteiger partial charge < -0.3 is 19.7 Å². The Morgan fingerprint density at radius 1 is 1.15 bits per heavy atom. The Balaban J connectivity index is 1.47. The topological polar surface area (TPSA) is 62.2 Å². The van der Waals surface area contributed by atoms with Crippen molar-refractivity contribution in [2.45, 2.75) is 101 Å². The number of likely N-dealkylation sites (tertiary alicyclic amines) is 1. The molecule has 5 fully saturated rings. The molecule has 186 valence electrons. The van der Waals surface area contributed by atoms with Crippen molar-refractivity contribution in [2.24, 2.45) is 22.7 Å². The summed E-state index contributed by atoms with van der Waals surface area (Å²) >= 11 is 0. The molecule has 1 aromatic carbocycles. The molecule has 0 radical (unpaired) electrons. The van der Waals surface area contributed by atoms with E-state index in [1.807, 2.05) is 20.1 Å². The van der Waals surface area contributed by atoms with E-state index in [1.54, 1.807) is 0 Å². The van der Waals surface area contributed by atoms with Gasteiger partial charge in [0.15, 0.2) is 11.5 Å². The summed E-state index contributed by atoms with van der Waals surface area (Å²) in [6, 6.07) is 4.46. The van der Waals surface area contributed by atoms with Crippen LogP contribution in [-0.4, -0.2) is 58.7 Å². The van der Waals surface area contributed by atoms with E-state index < -0.39 is 11.2 Å². The van der Waals surface area contributed by atoms with Gasteiger partial charge in [0.25, 0.3) is 0 Å². The summed E-state index contributed by atoms with van der Waals surface area (Å²) in [5.74, 6) is 1.80. The number of ether oxygens (including phenoxy) is 2. The van der Waals surface area contributed by atoms with Gasteiger partial charge in [-0.3, -0.25) is 4.90 Å². The van der Waals surface area contributed by atoms with Gasteiger partial charge in [-0.05, 0) is 81.4 Å². The van der Waals surface area contributed by atoms with Gasteiger partial charge >= 0.3 is 0 Å². The Morgan fingerprint density at radius 3 is 2.59 bits per heavy atom. The average molecular weight is 468 g/mol. The van der Waals surface area contributed by atoms with Crippen LogP contribution in [0.3, 0.4) is 0 Å². The predicted molar refractivity (Wildman–Crippen MR) is 130 cm³/mol. The van der Waals surface area contributed by atoms with Gasteiger partial charge in [-0.1, -0.05) is 26.8 Å². The maximum atomic E-state index is 12.2. The third-order valence-electron chi connectivity index (χ3n) is 11.9. The average Bonchev–Trinajstić information content (AvgIpc) is 3.53. The molecule has 2 heterocycles. The first kappa shape index (κ1) is 21.9. The number of hydrogen-bond acceptors (Lipinski definition) is 5. The predicted octanol–water partition coefficient (Wildman–Crippen LogP) is 4.41. The van der Waals surface area contributed by atoms with Crippen molar-refractivity contribution in [3.63, 3.8) is 0 Å². The minimum absolute atomic E-state index is 0.0294. The van der Waals surface area contributed by atoms with Gasteiger partial charge in [-0.15, -0.1) is 0 Å². The van der Waals surface area contributed by atoms with Crippen LogP contribution in [0.1, 0.15) is 77.3 Å². The van der Waals surface area contributed by atoms with Crippen LogP contribution in [0.4, 0.5) is 0 Å². The van der Waals surface area contributed by atoms with Crippen molar-refractivity contribution in [3.05, 3.63) is 23.3 Å². The highest BCUT2D eigenvalue weighted by Crippen LogP contribution is 2.78. The van der Waals surface area contributed by atoms with Crippen LogP contribution >= 0.6 is 0 Å². The van der Waals surface area contributed by atoms with Crippen molar-refractivity contribution in [1.29, 1.82) is 0 Å². The lowest BCUT2D eigenvalue weighted by molar-refractivity contribution is -0.312. The molecule has 1 saturated heterocycles. The Morgan fingerprint density at radius 2 is 1.91 bits per heavy atom.